The van der Waals surface area contributed by atoms with Crippen LogP contribution in [0, 0.1) is 0 Å². The van der Waals surface area contributed by atoms with E-state index in [0.717, 1.165) is 17.9 Å². The number of nitrogens with one attached hydrogen (secondary N) is 1. The largest absolute Gasteiger partial charge is 0.489 e. The van der Waals surface area contributed by atoms with Gasteiger partial charge in [-0.25, -0.2) is 0 Å². The Kier molecular flexibility index (Phi) is 5.74. The summed E-state index contributed by atoms with van der Waals surface area (Å²) in [4.78, 5) is 0. The van der Waals surface area contributed by atoms with Gasteiger partial charge < -0.3 is 10.1 Å². The normalized spacial score (nSPS) is 11.5. The summed E-state index contributed by atoms with van der Waals surface area (Å²) >= 11 is 11.9. The SMILES string of the molecule is CC(C)(C)NCc1cccc(OCc2ccc(Cl)c(Cl)c2)c1. The van der Waals surface area contributed by atoms with Crippen molar-refractivity contribution < 1.29 is 4.74 Å². The highest BCUT2D eigenvalue weighted by Crippen LogP contribution is 2.23. The van der Waals surface area contributed by atoms with E-state index in [1.165, 1.54) is 5.56 Å². The fourth-order valence-electron chi connectivity index (χ4n) is 1.91. The van der Waals surface area contributed by atoms with Gasteiger partial charge in [0, 0.05) is 12.1 Å². The average Bonchev–Trinajstić information content (AvgIpc) is 2.46. The van der Waals surface area contributed by atoms with Crippen molar-refractivity contribution in [3.05, 3.63) is 63.6 Å². The van der Waals surface area contributed by atoms with Gasteiger partial charge in [0.15, 0.2) is 0 Å². The van der Waals surface area contributed by atoms with Gasteiger partial charge in [-0.2, -0.15) is 0 Å². The monoisotopic (exact) mass is 337 g/mol. The maximum Gasteiger partial charge on any atom is 0.120 e. The molecule has 22 heavy (non-hydrogen) atoms. The van der Waals surface area contributed by atoms with Crippen LogP contribution in [0.4, 0.5) is 0 Å². The first-order valence-corrected chi connectivity index (χ1v) is 8.00. The molecular weight excluding hydrogens is 317 g/mol. The van der Waals surface area contributed by atoms with Crippen LogP contribution in [0.3, 0.4) is 0 Å². The van der Waals surface area contributed by atoms with Crippen LogP contribution >= 0.6 is 23.2 Å². The zero-order valence-electron chi connectivity index (χ0n) is 13.1. The van der Waals surface area contributed by atoms with Crippen LogP contribution in [0.15, 0.2) is 42.5 Å². The molecule has 118 valence electrons. The highest BCUT2D eigenvalue weighted by Gasteiger charge is 2.08. The van der Waals surface area contributed by atoms with Gasteiger partial charge in [-0.3, -0.25) is 0 Å². The Morgan fingerprint density at radius 2 is 1.73 bits per heavy atom. The minimum Gasteiger partial charge on any atom is -0.489 e. The van der Waals surface area contributed by atoms with Gasteiger partial charge in [-0.05, 0) is 56.2 Å². The lowest BCUT2D eigenvalue weighted by Gasteiger charge is -2.20. The van der Waals surface area contributed by atoms with E-state index in [-0.39, 0.29) is 5.54 Å². The van der Waals surface area contributed by atoms with Crippen molar-refractivity contribution in [2.24, 2.45) is 0 Å². The molecular formula is C18H21Cl2NO. The lowest BCUT2D eigenvalue weighted by atomic mass is 10.1. The molecule has 1 N–H and O–H groups in total. The average molecular weight is 338 g/mol. The standard InChI is InChI=1S/C18H21Cl2NO/c1-18(2,3)21-11-13-5-4-6-15(9-13)22-12-14-7-8-16(19)17(20)10-14/h4-10,21H,11-12H2,1-3H3. The topological polar surface area (TPSA) is 21.3 Å². The number of hydrogen-bond donors (Lipinski definition) is 1. The molecule has 0 spiro atoms. The molecule has 0 aliphatic carbocycles. The van der Waals surface area contributed by atoms with E-state index in [1.807, 2.05) is 24.3 Å². The van der Waals surface area contributed by atoms with E-state index in [4.69, 9.17) is 27.9 Å². The van der Waals surface area contributed by atoms with Crippen molar-refractivity contribution in [1.29, 1.82) is 0 Å². The summed E-state index contributed by atoms with van der Waals surface area (Å²) in [6.07, 6.45) is 0. The Labute approximate surface area is 142 Å². The maximum absolute atomic E-state index is 6.01. The molecule has 0 aliphatic heterocycles. The van der Waals surface area contributed by atoms with Crippen LogP contribution in [-0.4, -0.2) is 5.54 Å². The molecule has 2 aromatic carbocycles. The summed E-state index contributed by atoms with van der Waals surface area (Å²) in [5.41, 5.74) is 2.28. The first-order valence-electron chi connectivity index (χ1n) is 7.24. The molecule has 4 heteroatoms. The molecule has 2 aromatic rings. The van der Waals surface area contributed by atoms with E-state index in [2.05, 4.69) is 38.2 Å². The van der Waals surface area contributed by atoms with Gasteiger partial charge in [0.05, 0.1) is 10.0 Å². The predicted octanol–water partition coefficient (Wildman–Crippen LogP) is 5.46. The Bertz CT molecular complexity index is 635. The number of halogens is 2. The lowest BCUT2D eigenvalue weighted by molar-refractivity contribution is 0.305. The van der Waals surface area contributed by atoms with Crippen molar-refractivity contribution in [3.8, 4) is 5.75 Å². The molecule has 0 unspecified atom stereocenters. The third kappa shape index (κ3) is 5.53. The summed E-state index contributed by atoms with van der Waals surface area (Å²) in [5, 5.41) is 4.57. The summed E-state index contributed by atoms with van der Waals surface area (Å²) in [5.74, 6) is 0.847. The van der Waals surface area contributed by atoms with E-state index in [9.17, 15) is 0 Å². The third-order valence-electron chi connectivity index (χ3n) is 3.11. The summed E-state index contributed by atoms with van der Waals surface area (Å²) in [6.45, 7) is 7.73. The molecule has 0 radical (unpaired) electrons. The van der Waals surface area contributed by atoms with E-state index in [0.29, 0.717) is 16.7 Å². The van der Waals surface area contributed by atoms with Crippen molar-refractivity contribution in [3.63, 3.8) is 0 Å². The second-order valence-electron chi connectivity index (χ2n) is 6.29. The number of ether oxygens (including phenoxy) is 1. The molecule has 0 atom stereocenters. The van der Waals surface area contributed by atoms with Crippen LogP contribution in [0.5, 0.6) is 5.75 Å². The summed E-state index contributed by atoms with van der Waals surface area (Å²) in [6, 6.07) is 13.6. The Morgan fingerprint density at radius 3 is 2.41 bits per heavy atom. The van der Waals surface area contributed by atoms with Crippen LogP contribution in [-0.2, 0) is 13.2 Å². The summed E-state index contributed by atoms with van der Waals surface area (Å²) in [7, 11) is 0. The molecule has 0 fully saturated rings. The summed E-state index contributed by atoms with van der Waals surface area (Å²) < 4.78 is 5.83. The Morgan fingerprint density at radius 1 is 0.955 bits per heavy atom. The quantitative estimate of drug-likeness (QED) is 0.781. The third-order valence-corrected chi connectivity index (χ3v) is 3.85. The number of hydrogen-bond acceptors (Lipinski definition) is 2. The number of benzene rings is 2. The van der Waals surface area contributed by atoms with E-state index < -0.39 is 0 Å². The molecule has 0 amide bonds. The Balaban J connectivity index is 1.96. The maximum atomic E-state index is 6.01. The smallest absolute Gasteiger partial charge is 0.120 e. The highest BCUT2D eigenvalue weighted by molar-refractivity contribution is 6.42. The minimum absolute atomic E-state index is 0.0942. The molecule has 0 bridgehead atoms. The van der Waals surface area contributed by atoms with Gasteiger partial charge in [0.1, 0.15) is 12.4 Å². The van der Waals surface area contributed by atoms with Gasteiger partial charge in [-0.1, -0.05) is 41.4 Å². The van der Waals surface area contributed by atoms with Gasteiger partial charge in [-0.15, -0.1) is 0 Å². The second-order valence-corrected chi connectivity index (χ2v) is 7.10. The molecule has 0 saturated carbocycles. The van der Waals surface area contributed by atoms with Gasteiger partial charge in [0.2, 0.25) is 0 Å². The van der Waals surface area contributed by atoms with Crippen molar-refractivity contribution in [1.82, 2.24) is 5.32 Å². The van der Waals surface area contributed by atoms with E-state index in [1.54, 1.807) is 6.07 Å². The van der Waals surface area contributed by atoms with E-state index >= 15 is 0 Å². The number of rotatable bonds is 5. The lowest BCUT2D eigenvalue weighted by Crippen LogP contribution is -2.35. The van der Waals surface area contributed by atoms with Crippen LogP contribution in [0.2, 0.25) is 10.0 Å². The molecule has 2 rings (SSSR count). The van der Waals surface area contributed by atoms with Gasteiger partial charge in [0.25, 0.3) is 0 Å². The van der Waals surface area contributed by atoms with Crippen molar-refractivity contribution >= 4 is 23.2 Å². The van der Waals surface area contributed by atoms with Crippen molar-refractivity contribution in [2.45, 2.75) is 39.5 Å². The Hall–Kier alpha value is -1.22. The molecule has 0 saturated heterocycles. The molecule has 2 nitrogen and oxygen atoms in total. The fourth-order valence-corrected chi connectivity index (χ4v) is 2.23. The molecule has 0 aliphatic rings. The molecule has 0 heterocycles. The highest BCUT2D eigenvalue weighted by atomic mass is 35.5. The first kappa shape index (κ1) is 17.1. The van der Waals surface area contributed by atoms with Crippen molar-refractivity contribution in [2.75, 3.05) is 0 Å². The van der Waals surface area contributed by atoms with Gasteiger partial charge >= 0.3 is 0 Å². The predicted molar refractivity (Wildman–Crippen MR) is 93.8 cm³/mol. The first-order chi connectivity index (χ1) is 10.3. The fraction of sp³-hybridized carbons (Fsp3) is 0.333. The zero-order chi connectivity index (χ0) is 16.2. The second kappa shape index (κ2) is 7.36. The minimum atomic E-state index is 0.0942. The molecule has 0 aromatic heterocycles. The van der Waals surface area contributed by atoms with Crippen LogP contribution in [0.1, 0.15) is 31.9 Å². The van der Waals surface area contributed by atoms with Crippen LogP contribution < -0.4 is 10.1 Å². The zero-order valence-corrected chi connectivity index (χ0v) is 14.6. The van der Waals surface area contributed by atoms with Crippen LogP contribution in [0.25, 0.3) is 0 Å².